The van der Waals surface area contributed by atoms with Crippen LogP contribution in [0.25, 0.3) is 0 Å². The van der Waals surface area contributed by atoms with Crippen LogP contribution < -0.4 is 5.32 Å². The average Bonchev–Trinajstić information content (AvgIpc) is 2.75. The minimum atomic E-state index is -0.0128. The van der Waals surface area contributed by atoms with Gasteiger partial charge in [0.15, 0.2) is 5.82 Å². The van der Waals surface area contributed by atoms with Crippen molar-refractivity contribution in [1.29, 1.82) is 0 Å². The van der Waals surface area contributed by atoms with Gasteiger partial charge in [0, 0.05) is 0 Å². The lowest BCUT2D eigenvalue weighted by molar-refractivity contribution is 0.688. The minimum Gasteiger partial charge on any atom is -0.344 e. The molecule has 0 amide bonds. The summed E-state index contributed by atoms with van der Waals surface area (Å²) in [7, 11) is 0. The zero-order valence-electron chi connectivity index (χ0n) is 9.61. The van der Waals surface area contributed by atoms with E-state index >= 15 is 0 Å². The fourth-order valence-corrected chi connectivity index (χ4v) is 1.51. The van der Waals surface area contributed by atoms with Gasteiger partial charge in [0.1, 0.15) is 5.82 Å². The van der Waals surface area contributed by atoms with E-state index in [4.69, 9.17) is 11.6 Å². The van der Waals surface area contributed by atoms with E-state index in [-0.39, 0.29) is 6.04 Å². The molecule has 0 aromatic carbocycles. The van der Waals surface area contributed by atoms with Gasteiger partial charge in [-0.1, -0.05) is 18.5 Å². The average molecular weight is 253 g/mol. The molecule has 2 aromatic rings. The van der Waals surface area contributed by atoms with E-state index in [9.17, 15) is 0 Å². The highest BCUT2D eigenvalue weighted by Gasteiger charge is 2.14. The maximum absolute atomic E-state index is 5.72. The molecule has 0 saturated carbocycles. The number of H-pyrrole nitrogens is 1. The molecule has 0 fully saturated rings. The zero-order valence-corrected chi connectivity index (χ0v) is 10.4. The number of nitrogens with one attached hydrogen (secondary N) is 2. The van der Waals surface area contributed by atoms with Crippen molar-refractivity contribution in [2.24, 2.45) is 0 Å². The van der Waals surface area contributed by atoms with Gasteiger partial charge in [0.05, 0.1) is 23.5 Å². The standard InChI is InChI=1S/C10H13ClN6/c1-3-8(9-14-6(2)16-17-9)15-10-12-4-7(11)5-13-10/h4-5,8H,3H2,1-2H3,(H,12,13,15)(H,14,16,17). The molecule has 1 atom stereocenters. The van der Waals surface area contributed by atoms with E-state index < -0.39 is 0 Å². The first-order valence-electron chi connectivity index (χ1n) is 5.32. The third-order valence-corrected chi connectivity index (χ3v) is 2.45. The summed E-state index contributed by atoms with van der Waals surface area (Å²) < 4.78 is 0. The van der Waals surface area contributed by atoms with Crippen LogP contribution in [0.15, 0.2) is 12.4 Å². The van der Waals surface area contributed by atoms with Crippen LogP contribution in [-0.4, -0.2) is 25.1 Å². The summed E-state index contributed by atoms with van der Waals surface area (Å²) in [6.07, 6.45) is 3.93. The highest BCUT2D eigenvalue weighted by atomic mass is 35.5. The number of hydrogen-bond acceptors (Lipinski definition) is 5. The number of rotatable bonds is 4. The van der Waals surface area contributed by atoms with E-state index in [2.05, 4.69) is 30.5 Å². The predicted octanol–water partition coefficient (Wildman–Crippen LogP) is 2.12. The fourth-order valence-electron chi connectivity index (χ4n) is 1.41. The lowest BCUT2D eigenvalue weighted by Crippen LogP contribution is -2.13. The molecule has 2 aromatic heterocycles. The normalized spacial score (nSPS) is 12.4. The van der Waals surface area contributed by atoms with Gasteiger partial charge in [-0.15, -0.1) is 0 Å². The number of nitrogens with zero attached hydrogens (tertiary/aromatic N) is 4. The number of aryl methyl sites for hydroxylation is 1. The quantitative estimate of drug-likeness (QED) is 0.871. The van der Waals surface area contributed by atoms with Crippen LogP contribution in [0.5, 0.6) is 0 Å². The molecule has 17 heavy (non-hydrogen) atoms. The maximum Gasteiger partial charge on any atom is 0.223 e. The van der Waals surface area contributed by atoms with E-state index in [0.717, 1.165) is 12.2 Å². The summed E-state index contributed by atoms with van der Waals surface area (Å²) in [5.41, 5.74) is 0. The number of aromatic nitrogens is 5. The molecule has 2 heterocycles. The zero-order chi connectivity index (χ0) is 12.3. The molecule has 1 unspecified atom stereocenters. The highest BCUT2D eigenvalue weighted by molar-refractivity contribution is 6.30. The lowest BCUT2D eigenvalue weighted by Gasteiger charge is -2.12. The molecule has 0 radical (unpaired) electrons. The first kappa shape index (κ1) is 11.8. The number of hydrogen-bond donors (Lipinski definition) is 2. The Balaban J connectivity index is 2.12. The molecule has 0 aliphatic carbocycles. The first-order valence-corrected chi connectivity index (χ1v) is 5.70. The molecular formula is C10H13ClN6. The van der Waals surface area contributed by atoms with Gasteiger partial charge in [-0.25, -0.2) is 15.0 Å². The summed E-state index contributed by atoms with van der Waals surface area (Å²) in [6.45, 7) is 3.90. The molecule has 90 valence electrons. The van der Waals surface area contributed by atoms with Gasteiger partial charge < -0.3 is 5.32 Å². The third-order valence-electron chi connectivity index (χ3n) is 2.26. The molecule has 0 aliphatic rings. The Bertz CT molecular complexity index is 480. The monoisotopic (exact) mass is 252 g/mol. The Kier molecular flexibility index (Phi) is 3.53. The van der Waals surface area contributed by atoms with Gasteiger partial charge in [0.25, 0.3) is 0 Å². The number of anilines is 1. The second-order valence-electron chi connectivity index (χ2n) is 3.61. The van der Waals surface area contributed by atoms with Gasteiger partial charge >= 0.3 is 0 Å². The van der Waals surface area contributed by atoms with Crippen LogP contribution in [-0.2, 0) is 0 Å². The molecule has 0 aliphatic heterocycles. The topological polar surface area (TPSA) is 79.4 Å². The van der Waals surface area contributed by atoms with Crippen molar-refractivity contribution in [3.8, 4) is 0 Å². The van der Waals surface area contributed by atoms with Crippen molar-refractivity contribution in [3.63, 3.8) is 0 Å². The van der Waals surface area contributed by atoms with Crippen LogP contribution >= 0.6 is 11.6 Å². The summed E-state index contributed by atoms with van der Waals surface area (Å²) in [4.78, 5) is 12.4. The van der Waals surface area contributed by atoms with Gasteiger partial charge in [0.2, 0.25) is 5.95 Å². The molecule has 0 bridgehead atoms. The fraction of sp³-hybridized carbons (Fsp3) is 0.400. The maximum atomic E-state index is 5.72. The predicted molar refractivity (Wildman–Crippen MR) is 64.8 cm³/mol. The Morgan fingerprint density at radius 2 is 2.12 bits per heavy atom. The second-order valence-corrected chi connectivity index (χ2v) is 4.05. The second kappa shape index (κ2) is 5.09. The van der Waals surface area contributed by atoms with Crippen LogP contribution in [0.3, 0.4) is 0 Å². The minimum absolute atomic E-state index is 0.0128. The summed E-state index contributed by atoms with van der Waals surface area (Å²) >= 11 is 5.72. The number of aromatic amines is 1. The van der Waals surface area contributed by atoms with E-state index in [1.54, 1.807) is 12.4 Å². The molecule has 0 saturated heterocycles. The Labute approximate surface area is 104 Å². The lowest BCUT2D eigenvalue weighted by atomic mass is 10.2. The Morgan fingerprint density at radius 3 is 2.65 bits per heavy atom. The molecule has 2 rings (SSSR count). The van der Waals surface area contributed by atoms with E-state index in [1.807, 2.05) is 13.8 Å². The van der Waals surface area contributed by atoms with Gasteiger partial charge in [-0.3, -0.25) is 5.10 Å². The Morgan fingerprint density at radius 1 is 1.41 bits per heavy atom. The van der Waals surface area contributed by atoms with Crippen molar-refractivity contribution in [3.05, 3.63) is 29.1 Å². The molecule has 7 heteroatoms. The summed E-state index contributed by atoms with van der Waals surface area (Å²) in [6, 6.07) is -0.0128. The molecule has 2 N–H and O–H groups in total. The van der Waals surface area contributed by atoms with Gasteiger partial charge in [-0.2, -0.15) is 5.10 Å². The highest BCUT2D eigenvalue weighted by Crippen LogP contribution is 2.17. The van der Waals surface area contributed by atoms with E-state index in [0.29, 0.717) is 16.8 Å². The van der Waals surface area contributed by atoms with Crippen LogP contribution in [0, 0.1) is 6.92 Å². The van der Waals surface area contributed by atoms with E-state index in [1.165, 1.54) is 0 Å². The number of halogens is 1. The van der Waals surface area contributed by atoms with Crippen LogP contribution in [0.4, 0.5) is 5.95 Å². The smallest absolute Gasteiger partial charge is 0.223 e. The van der Waals surface area contributed by atoms with Crippen molar-refractivity contribution < 1.29 is 0 Å². The van der Waals surface area contributed by atoms with Crippen molar-refractivity contribution in [2.75, 3.05) is 5.32 Å². The van der Waals surface area contributed by atoms with Gasteiger partial charge in [-0.05, 0) is 13.3 Å². The van der Waals surface area contributed by atoms with Crippen molar-refractivity contribution in [2.45, 2.75) is 26.3 Å². The largest absolute Gasteiger partial charge is 0.344 e. The van der Waals surface area contributed by atoms with Crippen LogP contribution in [0.1, 0.15) is 31.0 Å². The van der Waals surface area contributed by atoms with Crippen molar-refractivity contribution >= 4 is 17.5 Å². The Hall–Kier alpha value is -1.69. The molecular weight excluding hydrogens is 240 g/mol. The van der Waals surface area contributed by atoms with Crippen LogP contribution in [0.2, 0.25) is 5.02 Å². The first-order chi connectivity index (χ1) is 8.19. The molecule has 0 spiro atoms. The third kappa shape index (κ3) is 2.91. The summed E-state index contributed by atoms with van der Waals surface area (Å²) in [5.74, 6) is 2.02. The van der Waals surface area contributed by atoms with Crippen molar-refractivity contribution in [1.82, 2.24) is 25.1 Å². The summed E-state index contributed by atoms with van der Waals surface area (Å²) in [5, 5.41) is 10.6. The SMILES string of the molecule is CCC(Nc1ncc(Cl)cn1)c1n[nH]c(C)n1. The molecule has 6 nitrogen and oxygen atoms in total.